The Hall–Kier alpha value is -0.970. The van der Waals surface area contributed by atoms with Gasteiger partial charge in [0.15, 0.2) is 0 Å². The number of Topliss-reactive ketones (excluding diaryl/α,β-unsaturated/α-hetero) is 1. The number of rotatable bonds is 14. The van der Waals surface area contributed by atoms with Gasteiger partial charge < -0.3 is 14.9 Å². The lowest BCUT2D eigenvalue weighted by molar-refractivity contribution is -0.144. The maximum Gasteiger partial charge on any atom is 0.132 e. The predicted molar refractivity (Wildman–Crippen MR) is 145 cm³/mol. The highest BCUT2D eigenvalue weighted by atomic mass is 16.5. The van der Waals surface area contributed by atoms with E-state index >= 15 is 0 Å². The Balaban J connectivity index is 1.76. The first kappa shape index (κ1) is 30.3. The molecule has 0 spiro atoms. The standard InChI is InChI=1S/C31H54O4/c1-9-31-25(5)24(4)28(33)21-27(31)16-20-30(8,35-31)19-11-14-22(2)13-10-17-29(7,34)18-12-15-23(3)26(6)32/h21-23,28,33-34H,9-20H2,1-8H3. The monoisotopic (exact) mass is 490 g/mol. The molecule has 4 heteroatoms. The zero-order chi connectivity index (χ0) is 26.4. The van der Waals surface area contributed by atoms with E-state index in [2.05, 4.69) is 27.7 Å². The van der Waals surface area contributed by atoms with Gasteiger partial charge in [0.1, 0.15) is 11.4 Å². The molecule has 202 valence electrons. The first-order valence-electron chi connectivity index (χ1n) is 14.3. The molecular formula is C31H54O4. The second kappa shape index (κ2) is 12.5. The molecule has 0 aromatic heterocycles. The maximum absolute atomic E-state index is 11.4. The Bertz CT molecular complexity index is 779. The van der Waals surface area contributed by atoms with E-state index in [1.165, 1.54) is 17.6 Å². The molecule has 2 aliphatic rings. The summed E-state index contributed by atoms with van der Waals surface area (Å²) in [7, 11) is 0. The fraction of sp³-hybridized carbons (Fsp3) is 0.839. The number of aliphatic hydroxyl groups is 2. The average molecular weight is 491 g/mol. The SMILES string of the molecule is CCC12OC(C)(CCCC(C)CCCC(C)(O)CCCC(C)C(C)=O)CCC1=CC(O)C(C)=C2C. The number of ketones is 1. The highest BCUT2D eigenvalue weighted by molar-refractivity contribution is 5.77. The second-order valence-corrected chi connectivity index (χ2v) is 12.5. The number of carbonyl (C=O) groups excluding carboxylic acids is 1. The predicted octanol–water partition coefficient (Wildman–Crippen LogP) is 7.46. The molecule has 1 saturated heterocycles. The van der Waals surface area contributed by atoms with Crippen molar-refractivity contribution in [3.8, 4) is 0 Å². The summed E-state index contributed by atoms with van der Waals surface area (Å²) < 4.78 is 6.93. The van der Waals surface area contributed by atoms with Crippen molar-refractivity contribution < 1.29 is 19.7 Å². The number of hydrogen-bond acceptors (Lipinski definition) is 4. The molecule has 6 atom stereocenters. The minimum atomic E-state index is -0.629. The number of ether oxygens (including phenoxy) is 1. The highest BCUT2D eigenvalue weighted by Gasteiger charge is 2.48. The first-order chi connectivity index (χ1) is 16.3. The van der Waals surface area contributed by atoms with Crippen LogP contribution < -0.4 is 0 Å². The fourth-order valence-corrected chi connectivity index (χ4v) is 6.19. The summed E-state index contributed by atoms with van der Waals surface area (Å²) in [5, 5.41) is 21.1. The van der Waals surface area contributed by atoms with Crippen LogP contribution in [0.5, 0.6) is 0 Å². The Morgan fingerprint density at radius 1 is 1.17 bits per heavy atom. The molecule has 0 saturated carbocycles. The van der Waals surface area contributed by atoms with Crippen LogP contribution in [-0.2, 0) is 9.53 Å². The topological polar surface area (TPSA) is 66.8 Å². The van der Waals surface area contributed by atoms with E-state index in [-0.39, 0.29) is 22.9 Å². The van der Waals surface area contributed by atoms with Gasteiger partial charge >= 0.3 is 0 Å². The summed E-state index contributed by atoms with van der Waals surface area (Å²) in [6, 6.07) is 0. The van der Waals surface area contributed by atoms with Gasteiger partial charge in [-0.2, -0.15) is 0 Å². The lowest BCUT2D eigenvalue weighted by Crippen LogP contribution is -2.51. The second-order valence-electron chi connectivity index (χ2n) is 12.5. The Morgan fingerprint density at radius 2 is 1.77 bits per heavy atom. The van der Waals surface area contributed by atoms with Crippen molar-refractivity contribution in [1.82, 2.24) is 0 Å². The molecule has 2 rings (SSSR count). The number of hydrogen-bond donors (Lipinski definition) is 2. The summed E-state index contributed by atoms with van der Waals surface area (Å²) in [4.78, 5) is 11.4. The molecule has 2 N–H and O–H groups in total. The van der Waals surface area contributed by atoms with E-state index < -0.39 is 11.7 Å². The van der Waals surface area contributed by atoms with Crippen LogP contribution in [0.4, 0.5) is 0 Å². The quantitative estimate of drug-likeness (QED) is 0.248. The van der Waals surface area contributed by atoms with Gasteiger partial charge in [-0.3, -0.25) is 4.79 Å². The van der Waals surface area contributed by atoms with E-state index in [1.807, 2.05) is 26.8 Å². The smallest absolute Gasteiger partial charge is 0.132 e. The summed E-state index contributed by atoms with van der Waals surface area (Å²) >= 11 is 0. The Morgan fingerprint density at radius 3 is 2.37 bits per heavy atom. The van der Waals surface area contributed by atoms with Gasteiger partial charge in [0.05, 0.1) is 17.3 Å². The van der Waals surface area contributed by atoms with Crippen molar-refractivity contribution in [2.45, 2.75) is 155 Å². The average Bonchev–Trinajstić information content (AvgIpc) is 2.78. The van der Waals surface area contributed by atoms with Gasteiger partial charge in [0.2, 0.25) is 0 Å². The molecule has 0 amide bonds. The highest BCUT2D eigenvalue weighted by Crippen LogP contribution is 2.50. The molecule has 1 aliphatic heterocycles. The van der Waals surface area contributed by atoms with Crippen molar-refractivity contribution in [2.75, 3.05) is 0 Å². The number of carbonyl (C=O) groups is 1. The fourth-order valence-electron chi connectivity index (χ4n) is 6.19. The molecule has 1 heterocycles. The first-order valence-corrected chi connectivity index (χ1v) is 14.3. The third kappa shape index (κ3) is 8.01. The summed E-state index contributed by atoms with van der Waals surface area (Å²) in [5.74, 6) is 0.983. The number of fused-ring (bicyclic) bond motifs is 1. The third-order valence-corrected chi connectivity index (χ3v) is 9.22. The number of aliphatic hydroxyl groups excluding tert-OH is 1. The molecule has 0 aromatic carbocycles. The molecule has 6 unspecified atom stereocenters. The Labute approximate surface area is 215 Å². The molecule has 1 aliphatic carbocycles. The van der Waals surface area contributed by atoms with Crippen LogP contribution in [0, 0.1) is 11.8 Å². The minimum Gasteiger partial charge on any atom is -0.390 e. The molecule has 1 fully saturated rings. The lowest BCUT2D eigenvalue weighted by Gasteiger charge is -2.51. The van der Waals surface area contributed by atoms with Gasteiger partial charge in [0, 0.05) is 5.92 Å². The molecular weight excluding hydrogens is 436 g/mol. The van der Waals surface area contributed by atoms with Crippen LogP contribution in [0.25, 0.3) is 0 Å². The minimum absolute atomic E-state index is 0.101. The van der Waals surface area contributed by atoms with Crippen LogP contribution in [-0.4, -0.2) is 38.9 Å². The van der Waals surface area contributed by atoms with Crippen molar-refractivity contribution in [3.63, 3.8) is 0 Å². The van der Waals surface area contributed by atoms with Crippen LogP contribution in [0.1, 0.15) is 132 Å². The van der Waals surface area contributed by atoms with E-state index in [4.69, 9.17) is 4.74 Å². The normalized spacial score (nSPS) is 30.3. The van der Waals surface area contributed by atoms with Crippen LogP contribution in [0.15, 0.2) is 22.8 Å². The van der Waals surface area contributed by atoms with Crippen LogP contribution >= 0.6 is 0 Å². The Kier molecular flexibility index (Phi) is 10.8. The van der Waals surface area contributed by atoms with Crippen LogP contribution in [0.2, 0.25) is 0 Å². The van der Waals surface area contributed by atoms with Crippen molar-refractivity contribution in [1.29, 1.82) is 0 Å². The van der Waals surface area contributed by atoms with Crippen molar-refractivity contribution in [3.05, 3.63) is 22.8 Å². The molecule has 0 radical (unpaired) electrons. The summed E-state index contributed by atoms with van der Waals surface area (Å²) in [5.41, 5.74) is 2.41. The van der Waals surface area contributed by atoms with Crippen molar-refractivity contribution in [2.24, 2.45) is 11.8 Å². The van der Waals surface area contributed by atoms with Gasteiger partial charge in [-0.15, -0.1) is 0 Å². The summed E-state index contributed by atoms with van der Waals surface area (Å²) in [6.07, 6.45) is 13.5. The molecule has 0 bridgehead atoms. The van der Waals surface area contributed by atoms with E-state index in [0.29, 0.717) is 5.92 Å². The van der Waals surface area contributed by atoms with Crippen LogP contribution in [0.3, 0.4) is 0 Å². The molecule has 35 heavy (non-hydrogen) atoms. The van der Waals surface area contributed by atoms with Crippen molar-refractivity contribution >= 4 is 5.78 Å². The largest absolute Gasteiger partial charge is 0.390 e. The third-order valence-electron chi connectivity index (χ3n) is 9.22. The molecule has 4 nitrogen and oxygen atoms in total. The maximum atomic E-state index is 11.4. The zero-order valence-corrected chi connectivity index (χ0v) is 24.0. The van der Waals surface area contributed by atoms with E-state index in [1.54, 1.807) is 6.92 Å². The van der Waals surface area contributed by atoms with Gasteiger partial charge in [-0.25, -0.2) is 0 Å². The summed E-state index contributed by atoms with van der Waals surface area (Å²) in [6.45, 7) is 16.6. The van der Waals surface area contributed by atoms with Gasteiger partial charge in [0.25, 0.3) is 0 Å². The van der Waals surface area contributed by atoms with Gasteiger partial charge in [-0.05, 0) is 115 Å². The van der Waals surface area contributed by atoms with E-state index in [9.17, 15) is 15.0 Å². The zero-order valence-electron chi connectivity index (χ0n) is 24.0. The van der Waals surface area contributed by atoms with E-state index in [0.717, 1.165) is 76.2 Å². The lowest BCUT2D eigenvalue weighted by atomic mass is 9.70. The molecule has 0 aromatic rings. The van der Waals surface area contributed by atoms with Gasteiger partial charge in [-0.1, -0.05) is 46.5 Å².